The van der Waals surface area contributed by atoms with Crippen molar-refractivity contribution < 1.29 is 4.74 Å². The lowest BCUT2D eigenvalue weighted by Crippen LogP contribution is -2.32. The fourth-order valence-corrected chi connectivity index (χ4v) is 11.1. The van der Waals surface area contributed by atoms with Crippen molar-refractivity contribution >= 4 is 0 Å². The van der Waals surface area contributed by atoms with Crippen LogP contribution in [0.4, 0.5) is 0 Å². The molecule has 4 aliphatic carbocycles. The van der Waals surface area contributed by atoms with Crippen molar-refractivity contribution in [2.24, 2.45) is 59.2 Å². The summed E-state index contributed by atoms with van der Waals surface area (Å²) >= 11 is 0. The summed E-state index contributed by atoms with van der Waals surface area (Å²) in [6.45, 7) is 6.53. The Bertz CT molecular complexity index is 800. The summed E-state index contributed by atoms with van der Waals surface area (Å²) in [6, 6.07) is 5.16. The van der Waals surface area contributed by atoms with Gasteiger partial charge in [-0.25, -0.2) is 0 Å². The molecular formula is C44H76N2O. The van der Waals surface area contributed by atoms with Crippen molar-refractivity contribution in [2.45, 2.75) is 194 Å². The molecule has 0 N–H and O–H groups in total. The average molecular weight is 649 g/mol. The molecule has 0 aromatic carbocycles. The minimum Gasteiger partial charge on any atom is -0.381 e. The summed E-state index contributed by atoms with van der Waals surface area (Å²) < 4.78 is 6.63. The molecule has 47 heavy (non-hydrogen) atoms. The van der Waals surface area contributed by atoms with Crippen LogP contribution in [0.1, 0.15) is 194 Å². The first-order valence-electron chi connectivity index (χ1n) is 21.5. The highest BCUT2D eigenvalue weighted by atomic mass is 16.5. The molecule has 4 saturated carbocycles. The number of nitriles is 2. The molecule has 3 nitrogen and oxygen atoms in total. The van der Waals surface area contributed by atoms with Gasteiger partial charge in [-0.3, -0.25) is 0 Å². The molecule has 0 saturated heterocycles. The third kappa shape index (κ3) is 13.3. The highest BCUT2D eigenvalue weighted by Gasteiger charge is 2.36. The molecule has 2 unspecified atom stereocenters. The van der Waals surface area contributed by atoms with Gasteiger partial charge in [0.2, 0.25) is 0 Å². The Morgan fingerprint density at radius 3 is 1.13 bits per heavy atom. The lowest BCUT2D eigenvalue weighted by molar-refractivity contribution is 0.0396. The third-order valence-electron chi connectivity index (χ3n) is 14.2. The van der Waals surface area contributed by atoms with Gasteiger partial charge < -0.3 is 4.74 Å². The molecule has 0 amide bonds. The second kappa shape index (κ2) is 22.6. The first kappa shape index (κ1) is 38.7. The highest BCUT2D eigenvalue weighted by molar-refractivity contribution is 4.92. The molecule has 268 valence electrons. The van der Waals surface area contributed by atoms with E-state index in [1.54, 1.807) is 0 Å². The molecule has 0 spiro atoms. The summed E-state index contributed by atoms with van der Waals surface area (Å²) in [5.41, 5.74) is 0. The van der Waals surface area contributed by atoms with Crippen LogP contribution in [-0.4, -0.2) is 13.2 Å². The maximum Gasteiger partial charge on any atom is 0.0655 e. The number of hydrogen-bond acceptors (Lipinski definition) is 3. The predicted octanol–water partition coefficient (Wildman–Crippen LogP) is 13.2. The van der Waals surface area contributed by atoms with Crippen molar-refractivity contribution in [3.63, 3.8) is 0 Å². The molecule has 0 aliphatic heterocycles. The van der Waals surface area contributed by atoms with Crippen LogP contribution in [0.2, 0.25) is 0 Å². The SMILES string of the molecule is CCCCCC[C@H]1CC[C@H](C(CCOCCC([C@H]2CC[C@H](C#N)CC2)[C@H]2CC[C@H](CCCCCC)CC2)[C@H]2CC[C@H](C#N)CC2)CC1. The topological polar surface area (TPSA) is 56.8 Å². The van der Waals surface area contributed by atoms with Crippen molar-refractivity contribution in [3.05, 3.63) is 0 Å². The van der Waals surface area contributed by atoms with Crippen molar-refractivity contribution in [3.8, 4) is 12.1 Å². The fraction of sp³-hybridized carbons (Fsp3) is 0.955. The van der Waals surface area contributed by atoms with E-state index in [2.05, 4.69) is 26.0 Å². The molecule has 0 heterocycles. The Morgan fingerprint density at radius 1 is 0.468 bits per heavy atom. The molecule has 0 radical (unpaired) electrons. The Kier molecular flexibility index (Phi) is 18.6. The average Bonchev–Trinajstić information content (AvgIpc) is 3.13. The summed E-state index contributed by atoms with van der Waals surface area (Å²) in [4.78, 5) is 0. The van der Waals surface area contributed by atoms with Gasteiger partial charge in [-0.15, -0.1) is 0 Å². The van der Waals surface area contributed by atoms with Crippen molar-refractivity contribution in [1.82, 2.24) is 0 Å². The van der Waals surface area contributed by atoms with E-state index in [-0.39, 0.29) is 0 Å². The Balaban J connectivity index is 1.25. The molecule has 0 bridgehead atoms. The zero-order chi connectivity index (χ0) is 33.1. The van der Waals surface area contributed by atoms with Gasteiger partial charge in [-0.2, -0.15) is 10.5 Å². The predicted molar refractivity (Wildman–Crippen MR) is 198 cm³/mol. The van der Waals surface area contributed by atoms with E-state index in [0.29, 0.717) is 11.8 Å². The smallest absolute Gasteiger partial charge is 0.0655 e. The lowest BCUT2D eigenvalue weighted by Gasteiger charge is -2.41. The number of hydrogen-bond donors (Lipinski definition) is 0. The van der Waals surface area contributed by atoms with Crippen molar-refractivity contribution in [2.75, 3.05) is 13.2 Å². The van der Waals surface area contributed by atoms with E-state index < -0.39 is 0 Å². The zero-order valence-corrected chi connectivity index (χ0v) is 31.3. The van der Waals surface area contributed by atoms with Crippen LogP contribution < -0.4 is 0 Å². The summed E-state index contributed by atoms with van der Waals surface area (Å²) in [7, 11) is 0. The van der Waals surface area contributed by atoms with E-state index >= 15 is 0 Å². The van der Waals surface area contributed by atoms with E-state index in [9.17, 15) is 10.5 Å². The van der Waals surface area contributed by atoms with E-state index in [0.717, 1.165) is 86.2 Å². The Hall–Kier alpha value is -1.06. The number of ether oxygens (including phenoxy) is 1. The van der Waals surface area contributed by atoms with E-state index in [1.165, 1.54) is 154 Å². The summed E-state index contributed by atoms with van der Waals surface area (Å²) in [5.74, 6) is 7.57. The second-order valence-corrected chi connectivity index (χ2v) is 17.3. The summed E-state index contributed by atoms with van der Waals surface area (Å²) in [6.07, 6.45) is 37.9. The third-order valence-corrected chi connectivity index (χ3v) is 14.2. The van der Waals surface area contributed by atoms with Gasteiger partial charge in [-0.1, -0.05) is 104 Å². The Morgan fingerprint density at radius 2 is 0.809 bits per heavy atom. The minimum absolute atomic E-state index is 0.304. The first-order valence-corrected chi connectivity index (χ1v) is 21.5. The molecule has 4 rings (SSSR count). The van der Waals surface area contributed by atoms with Crippen molar-refractivity contribution in [1.29, 1.82) is 10.5 Å². The van der Waals surface area contributed by atoms with Crippen LogP contribution in [0.5, 0.6) is 0 Å². The van der Waals surface area contributed by atoms with Gasteiger partial charge in [0.25, 0.3) is 0 Å². The second-order valence-electron chi connectivity index (χ2n) is 17.3. The number of unbranched alkanes of at least 4 members (excludes halogenated alkanes) is 6. The highest BCUT2D eigenvalue weighted by Crippen LogP contribution is 2.46. The van der Waals surface area contributed by atoms with Crippen LogP contribution in [0, 0.1) is 81.8 Å². The van der Waals surface area contributed by atoms with Gasteiger partial charge in [-0.05, 0) is 137 Å². The molecule has 4 aliphatic rings. The molecule has 2 atom stereocenters. The summed E-state index contributed by atoms with van der Waals surface area (Å²) in [5, 5.41) is 19.1. The first-order chi connectivity index (χ1) is 23.1. The van der Waals surface area contributed by atoms with Gasteiger partial charge >= 0.3 is 0 Å². The molecule has 4 fully saturated rings. The normalized spacial score (nSPS) is 33.0. The quantitative estimate of drug-likeness (QED) is 0.123. The zero-order valence-electron chi connectivity index (χ0n) is 31.3. The van der Waals surface area contributed by atoms with Crippen LogP contribution in [0.25, 0.3) is 0 Å². The number of nitrogens with zero attached hydrogens (tertiary/aromatic N) is 2. The largest absolute Gasteiger partial charge is 0.381 e. The van der Waals surface area contributed by atoms with E-state index in [4.69, 9.17) is 4.74 Å². The van der Waals surface area contributed by atoms with Crippen LogP contribution >= 0.6 is 0 Å². The van der Waals surface area contributed by atoms with Gasteiger partial charge in [0.1, 0.15) is 0 Å². The van der Waals surface area contributed by atoms with Gasteiger partial charge in [0.15, 0.2) is 0 Å². The van der Waals surface area contributed by atoms with Gasteiger partial charge in [0, 0.05) is 25.0 Å². The molecule has 3 heteroatoms. The minimum atomic E-state index is 0.304. The van der Waals surface area contributed by atoms with Crippen LogP contribution in [0.3, 0.4) is 0 Å². The number of rotatable bonds is 20. The van der Waals surface area contributed by atoms with E-state index in [1.807, 2.05) is 0 Å². The molecule has 0 aromatic heterocycles. The standard InChI is InChI=1S/C44H76N2O/c1-3-5-7-9-11-35-13-21-39(22-14-35)43(41-25-17-37(33-45)18-26-41)29-31-47-32-30-44(42-27-19-38(34-46)20-28-42)40-23-15-36(16-24-40)12-10-8-6-4-2/h35-44H,3-32H2,1-2H3/t35-,36-,37-,38-,39-,40-,41-,42-,43?,44?. The monoisotopic (exact) mass is 649 g/mol. The lowest BCUT2D eigenvalue weighted by atomic mass is 9.65. The Labute approximate surface area is 292 Å². The molecular weight excluding hydrogens is 572 g/mol. The maximum absolute atomic E-state index is 9.54. The molecule has 0 aromatic rings. The van der Waals surface area contributed by atoms with Crippen LogP contribution in [0.15, 0.2) is 0 Å². The fourth-order valence-electron chi connectivity index (χ4n) is 11.1. The van der Waals surface area contributed by atoms with Crippen LogP contribution in [-0.2, 0) is 4.74 Å². The van der Waals surface area contributed by atoms with Gasteiger partial charge in [0.05, 0.1) is 12.1 Å². The maximum atomic E-state index is 9.54.